The van der Waals surface area contributed by atoms with Crippen molar-refractivity contribution < 1.29 is 4.74 Å². The molecule has 1 saturated heterocycles. The van der Waals surface area contributed by atoms with Crippen LogP contribution in [0.4, 0.5) is 0 Å². The Kier molecular flexibility index (Phi) is 5.83. The van der Waals surface area contributed by atoms with Crippen molar-refractivity contribution in [1.29, 1.82) is 0 Å². The molecule has 3 heteroatoms. The molecule has 0 amide bonds. The number of nitrogens with one attached hydrogen (secondary N) is 1. The standard InChI is InChI=1S/C10H21NOS/c1-3-13-7-6-12-10-8-11-5-4-9(10)2/h9-11H,3-8H2,1-2H3. The van der Waals surface area contributed by atoms with Gasteiger partial charge in [-0.3, -0.25) is 0 Å². The fourth-order valence-electron chi connectivity index (χ4n) is 1.59. The highest BCUT2D eigenvalue weighted by atomic mass is 32.2. The van der Waals surface area contributed by atoms with E-state index in [1.54, 1.807) is 0 Å². The normalized spacial score (nSPS) is 29.1. The molecule has 78 valence electrons. The molecule has 1 aliphatic rings. The van der Waals surface area contributed by atoms with Gasteiger partial charge in [0.25, 0.3) is 0 Å². The van der Waals surface area contributed by atoms with Crippen molar-refractivity contribution >= 4 is 11.8 Å². The Bertz CT molecular complexity index is 132. The Morgan fingerprint density at radius 2 is 2.38 bits per heavy atom. The molecule has 1 heterocycles. The van der Waals surface area contributed by atoms with Gasteiger partial charge in [-0.15, -0.1) is 0 Å². The van der Waals surface area contributed by atoms with Gasteiger partial charge >= 0.3 is 0 Å². The van der Waals surface area contributed by atoms with Crippen LogP contribution in [0.3, 0.4) is 0 Å². The summed E-state index contributed by atoms with van der Waals surface area (Å²) in [5.41, 5.74) is 0. The van der Waals surface area contributed by atoms with Crippen molar-refractivity contribution in [3.8, 4) is 0 Å². The first-order valence-corrected chi connectivity index (χ1v) is 6.40. The van der Waals surface area contributed by atoms with Crippen molar-refractivity contribution in [2.75, 3.05) is 31.2 Å². The quantitative estimate of drug-likeness (QED) is 0.688. The molecular weight excluding hydrogens is 182 g/mol. The van der Waals surface area contributed by atoms with E-state index < -0.39 is 0 Å². The van der Waals surface area contributed by atoms with Gasteiger partial charge in [-0.05, 0) is 24.6 Å². The van der Waals surface area contributed by atoms with E-state index in [-0.39, 0.29) is 0 Å². The third kappa shape index (κ3) is 4.34. The predicted octanol–water partition coefficient (Wildman–Crippen LogP) is 1.75. The van der Waals surface area contributed by atoms with Crippen LogP contribution in [0, 0.1) is 5.92 Å². The lowest BCUT2D eigenvalue weighted by atomic mass is 9.97. The summed E-state index contributed by atoms with van der Waals surface area (Å²) in [5.74, 6) is 3.06. The van der Waals surface area contributed by atoms with Crippen LogP contribution in [-0.2, 0) is 4.74 Å². The summed E-state index contributed by atoms with van der Waals surface area (Å²) < 4.78 is 5.81. The minimum atomic E-state index is 0.450. The molecule has 0 saturated carbocycles. The molecule has 0 bridgehead atoms. The van der Waals surface area contributed by atoms with Crippen molar-refractivity contribution in [2.24, 2.45) is 5.92 Å². The van der Waals surface area contributed by atoms with Gasteiger partial charge in [-0.25, -0.2) is 0 Å². The van der Waals surface area contributed by atoms with Crippen LogP contribution in [0.1, 0.15) is 20.3 Å². The Hall–Kier alpha value is 0.270. The van der Waals surface area contributed by atoms with Gasteiger partial charge in [0.1, 0.15) is 0 Å². The van der Waals surface area contributed by atoms with E-state index in [0.717, 1.165) is 31.4 Å². The molecule has 1 fully saturated rings. The summed E-state index contributed by atoms with van der Waals surface area (Å²) in [5, 5.41) is 3.37. The Labute approximate surface area is 85.8 Å². The van der Waals surface area contributed by atoms with E-state index in [0.29, 0.717) is 6.10 Å². The third-order valence-corrected chi connectivity index (χ3v) is 3.38. The van der Waals surface area contributed by atoms with Crippen molar-refractivity contribution in [2.45, 2.75) is 26.4 Å². The summed E-state index contributed by atoms with van der Waals surface area (Å²) >= 11 is 1.95. The van der Waals surface area contributed by atoms with Gasteiger partial charge in [-0.1, -0.05) is 13.8 Å². The first-order chi connectivity index (χ1) is 6.34. The summed E-state index contributed by atoms with van der Waals surface area (Å²) in [4.78, 5) is 0. The minimum Gasteiger partial charge on any atom is -0.376 e. The van der Waals surface area contributed by atoms with Crippen LogP contribution in [0.15, 0.2) is 0 Å². The van der Waals surface area contributed by atoms with Crippen LogP contribution in [0.5, 0.6) is 0 Å². The van der Waals surface area contributed by atoms with E-state index in [4.69, 9.17) is 4.74 Å². The molecule has 1 aliphatic heterocycles. The van der Waals surface area contributed by atoms with E-state index in [1.165, 1.54) is 12.2 Å². The van der Waals surface area contributed by atoms with E-state index >= 15 is 0 Å². The smallest absolute Gasteiger partial charge is 0.0725 e. The van der Waals surface area contributed by atoms with E-state index in [9.17, 15) is 0 Å². The largest absolute Gasteiger partial charge is 0.376 e. The zero-order valence-corrected chi connectivity index (χ0v) is 9.53. The molecule has 0 aromatic carbocycles. The lowest BCUT2D eigenvalue weighted by Crippen LogP contribution is -2.41. The zero-order valence-electron chi connectivity index (χ0n) is 8.71. The number of hydrogen-bond acceptors (Lipinski definition) is 3. The lowest BCUT2D eigenvalue weighted by molar-refractivity contribution is 0.0128. The van der Waals surface area contributed by atoms with E-state index in [1.807, 2.05) is 11.8 Å². The molecule has 2 unspecified atom stereocenters. The molecule has 1 rings (SSSR count). The predicted molar refractivity (Wildman–Crippen MR) is 59.4 cm³/mol. The molecule has 0 aliphatic carbocycles. The van der Waals surface area contributed by atoms with Gasteiger partial charge in [-0.2, -0.15) is 11.8 Å². The van der Waals surface area contributed by atoms with Crippen molar-refractivity contribution in [1.82, 2.24) is 5.32 Å². The molecule has 0 aromatic heterocycles. The summed E-state index contributed by atoms with van der Waals surface area (Å²) in [7, 11) is 0. The molecule has 0 radical (unpaired) electrons. The molecule has 1 N–H and O–H groups in total. The number of piperidine rings is 1. The highest BCUT2D eigenvalue weighted by molar-refractivity contribution is 7.99. The molecule has 0 aromatic rings. The maximum absolute atomic E-state index is 5.81. The van der Waals surface area contributed by atoms with Gasteiger partial charge in [0.2, 0.25) is 0 Å². The second-order valence-corrected chi connectivity index (χ2v) is 4.97. The van der Waals surface area contributed by atoms with Gasteiger partial charge in [0.15, 0.2) is 0 Å². The molecule has 0 spiro atoms. The number of thioether (sulfide) groups is 1. The van der Waals surface area contributed by atoms with Crippen LogP contribution in [0.25, 0.3) is 0 Å². The first-order valence-electron chi connectivity index (χ1n) is 5.24. The number of ether oxygens (including phenoxy) is 1. The Morgan fingerprint density at radius 3 is 3.08 bits per heavy atom. The fraction of sp³-hybridized carbons (Fsp3) is 1.00. The Morgan fingerprint density at radius 1 is 1.54 bits per heavy atom. The van der Waals surface area contributed by atoms with Gasteiger partial charge in [0, 0.05) is 12.3 Å². The SMILES string of the molecule is CCSCCOC1CNCCC1C. The van der Waals surface area contributed by atoms with Gasteiger partial charge < -0.3 is 10.1 Å². The minimum absolute atomic E-state index is 0.450. The molecule has 2 atom stereocenters. The van der Waals surface area contributed by atoms with Gasteiger partial charge in [0.05, 0.1) is 12.7 Å². The van der Waals surface area contributed by atoms with Crippen LogP contribution in [-0.4, -0.2) is 37.3 Å². The Balaban J connectivity index is 2.05. The lowest BCUT2D eigenvalue weighted by Gasteiger charge is -2.29. The highest BCUT2D eigenvalue weighted by Gasteiger charge is 2.20. The van der Waals surface area contributed by atoms with Crippen LogP contribution >= 0.6 is 11.8 Å². The number of rotatable bonds is 5. The monoisotopic (exact) mass is 203 g/mol. The second kappa shape index (κ2) is 6.68. The summed E-state index contributed by atoms with van der Waals surface area (Å²) in [6.45, 7) is 7.59. The summed E-state index contributed by atoms with van der Waals surface area (Å²) in [6, 6.07) is 0. The number of hydrogen-bond donors (Lipinski definition) is 1. The topological polar surface area (TPSA) is 21.3 Å². The summed E-state index contributed by atoms with van der Waals surface area (Å²) in [6.07, 6.45) is 1.71. The average molecular weight is 203 g/mol. The van der Waals surface area contributed by atoms with Crippen LogP contribution in [0.2, 0.25) is 0 Å². The average Bonchev–Trinajstić information content (AvgIpc) is 2.15. The highest BCUT2D eigenvalue weighted by Crippen LogP contribution is 2.14. The van der Waals surface area contributed by atoms with Crippen molar-refractivity contribution in [3.63, 3.8) is 0 Å². The fourth-order valence-corrected chi connectivity index (χ4v) is 2.09. The maximum atomic E-state index is 5.81. The zero-order chi connectivity index (χ0) is 9.52. The van der Waals surface area contributed by atoms with Crippen LogP contribution < -0.4 is 5.32 Å². The molecule has 2 nitrogen and oxygen atoms in total. The molecular formula is C10H21NOS. The second-order valence-electron chi connectivity index (χ2n) is 3.58. The maximum Gasteiger partial charge on any atom is 0.0725 e. The van der Waals surface area contributed by atoms with E-state index in [2.05, 4.69) is 19.2 Å². The molecule has 13 heavy (non-hydrogen) atoms. The first kappa shape index (κ1) is 11.3. The third-order valence-electron chi connectivity index (χ3n) is 2.52. The van der Waals surface area contributed by atoms with Crippen molar-refractivity contribution in [3.05, 3.63) is 0 Å².